The van der Waals surface area contributed by atoms with Crippen molar-refractivity contribution in [3.8, 4) is 16.9 Å². The largest absolute Gasteiger partial charge is 0.489 e. The van der Waals surface area contributed by atoms with Crippen molar-refractivity contribution in [3.63, 3.8) is 0 Å². The Bertz CT molecular complexity index is 1850. The second-order valence-corrected chi connectivity index (χ2v) is 12.1. The van der Waals surface area contributed by atoms with Gasteiger partial charge in [-0.15, -0.1) is 0 Å². The van der Waals surface area contributed by atoms with Gasteiger partial charge in [-0.2, -0.15) is 0 Å². The van der Waals surface area contributed by atoms with Gasteiger partial charge in [0.2, 0.25) is 10.0 Å². The molecule has 1 aliphatic carbocycles. The number of fused-ring (bicyclic) bond motifs is 1. The van der Waals surface area contributed by atoms with E-state index in [4.69, 9.17) is 10.5 Å². The molecule has 1 fully saturated rings. The van der Waals surface area contributed by atoms with Gasteiger partial charge < -0.3 is 15.0 Å². The summed E-state index contributed by atoms with van der Waals surface area (Å²) in [4.78, 5) is 19.1. The van der Waals surface area contributed by atoms with Crippen molar-refractivity contribution in [2.75, 3.05) is 12.3 Å². The molecule has 0 saturated heterocycles. The van der Waals surface area contributed by atoms with Gasteiger partial charge in [0.1, 0.15) is 30.1 Å². The lowest BCUT2D eigenvalue weighted by Crippen LogP contribution is -2.37. The van der Waals surface area contributed by atoms with Crippen molar-refractivity contribution in [2.45, 2.75) is 30.4 Å². The summed E-state index contributed by atoms with van der Waals surface area (Å²) in [5, 5.41) is 11.6. The monoisotopic (exact) mass is 584 g/mol. The number of rotatable bonds is 10. The Kier molecular flexibility index (Phi) is 7.31. The third-order valence-corrected chi connectivity index (χ3v) is 9.00. The lowest BCUT2D eigenvalue weighted by molar-refractivity contribution is -0.384. The van der Waals surface area contributed by atoms with Gasteiger partial charge in [0.05, 0.1) is 15.2 Å². The van der Waals surface area contributed by atoms with Crippen LogP contribution in [-0.4, -0.2) is 34.4 Å². The molecule has 42 heavy (non-hydrogen) atoms. The van der Waals surface area contributed by atoms with E-state index < -0.39 is 14.9 Å². The number of non-ortho nitro benzene ring substituents is 1. The van der Waals surface area contributed by atoms with Crippen LogP contribution in [0, 0.1) is 16.0 Å². The number of ether oxygens (including phenoxy) is 1. The number of benzene rings is 3. The summed E-state index contributed by atoms with van der Waals surface area (Å²) in [5.41, 5.74) is 9.80. The molecule has 0 spiro atoms. The number of aromatic nitrogens is 3. The molecule has 0 unspecified atom stereocenters. The molecule has 3 aromatic carbocycles. The van der Waals surface area contributed by atoms with E-state index in [1.54, 1.807) is 0 Å². The van der Waals surface area contributed by atoms with Gasteiger partial charge in [-0.1, -0.05) is 42.5 Å². The second-order valence-electron chi connectivity index (χ2n) is 10.3. The minimum absolute atomic E-state index is 0.00725. The van der Waals surface area contributed by atoms with Crippen LogP contribution in [0.15, 0.2) is 96.3 Å². The lowest BCUT2D eigenvalue weighted by atomic mass is 9.80. The van der Waals surface area contributed by atoms with E-state index in [0.29, 0.717) is 12.4 Å². The smallest absolute Gasteiger partial charge is 0.269 e. The highest BCUT2D eigenvalue weighted by Crippen LogP contribution is 2.43. The fourth-order valence-corrected chi connectivity index (χ4v) is 6.37. The fraction of sp³-hybridized carbons (Fsp3) is 0.200. The Balaban J connectivity index is 1.16. The van der Waals surface area contributed by atoms with E-state index in [2.05, 4.69) is 19.3 Å². The number of nitrogens with one attached hydrogen (secondary N) is 1. The predicted molar refractivity (Wildman–Crippen MR) is 158 cm³/mol. The fourth-order valence-electron chi connectivity index (χ4n) is 5.25. The summed E-state index contributed by atoms with van der Waals surface area (Å²) in [6.07, 6.45) is 4.98. The van der Waals surface area contributed by atoms with Crippen molar-refractivity contribution in [2.24, 2.45) is 5.92 Å². The SMILES string of the molecule is Nc1ncnc2c1c(-c1cccc(OCc3ccccc3)c1)cn2[C@H]1C[C@H](CNS(=O)(=O)c2ccc([N+](=O)[O-])cc2)C1. The van der Waals surface area contributed by atoms with Crippen molar-refractivity contribution < 1.29 is 18.1 Å². The molecule has 11 nitrogen and oxygen atoms in total. The molecule has 0 amide bonds. The zero-order valence-corrected chi connectivity index (χ0v) is 23.3. The Hall–Kier alpha value is -4.81. The maximum absolute atomic E-state index is 12.7. The summed E-state index contributed by atoms with van der Waals surface area (Å²) in [6, 6.07) is 22.7. The molecule has 12 heteroatoms. The molecule has 0 bridgehead atoms. The van der Waals surface area contributed by atoms with Crippen LogP contribution in [0.5, 0.6) is 5.75 Å². The average molecular weight is 585 g/mol. The zero-order valence-electron chi connectivity index (χ0n) is 22.5. The number of hydrogen-bond donors (Lipinski definition) is 2. The van der Waals surface area contributed by atoms with E-state index in [9.17, 15) is 18.5 Å². The first kappa shape index (κ1) is 27.4. The maximum atomic E-state index is 12.7. The molecule has 0 radical (unpaired) electrons. The van der Waals surface area contributed by atoms with E-state index in [1.165, 1.54) is 30.6 Å². The molecule has 0 atom stereocenters. The minimum atomic E-state index is -3.78. The molecule has 1 saturated carbocycles. The molecule has 3 N–H and O–H groups in total. The minimum Gasteiger partial charge on any atom is -0.489 e. The quantitative estimate of drug-likeness (QED) is 0.170. The molecular weight excluding hydrogens is 556 g/mol. The van der Waals surface area contributed by atoms with Gasteiger partial charge in [-0.3, -0.25) is 10.1 Å². The van der Waals surface area contributed by atoms with Crippen LogP contribution in [0.25, 0.3) is 22.2 Å². The number of nitrogen functional groups attached to an aromatic ring is 1. The van der Waals surface area contributed by atoms with Crippen LogP contribution in [0.3, 0.4) is 0 Å². The van der Waals surface area contributed by atoms with Gasteiger partial charge in [0.25, 0.3) is 5.69 Å². The zero-order chi connectivity index (χ0) is 29.3. The van der Waals surface area contributed by atoms with Gasteiger partial charge in [0, 0.05) is 36.5 Å². The highest BCUT2D eigenvalue weighted by atomic mass is 32.2. The number of hydrogen-bond acceptors (Lipinski definition) is 8. The third kappa shape index (κ3) is 5.54. The first-order valence-electron chi connectivity index (χ1n) is 13.4. The first-order valence-corrected chi connectivity index (χ1v) is 14.9. The van der Waals surface area contributed by atoms with Crippen molar-refractivity contribution >= 4 is 32.6 Å². The van der Waals surface area contributed by atoms with E-state index in [1.807, 2.05) is 60.8 Å². The van der Waals surface area contributed by atoms with E-state index in [0.717, 1.165) is 46.3 Å². The normalized spacial score (nSPS) is 16.7. The predicted octanol–water partition coefficient (Wildman–Crippen LogP) is 5.10. The molecule has 6 rings (SSSR count). The number of nitrogens with two attached hydrogens (primary N) is 1. The summed E-state index contributed by atoms with van der Waals surface area (Å²) in [5.74, 6) is 1.24. The second kappa shape index (κ2) is 11.2. The van der Waals surface area contributed by atoms with Gasteiger partial charge >= 0.3 is 0 Å². The molecule has 214 valence electrons. The maximum Gasteiger partial charge on any atom is 0.269 e. The Labute approximate surface area is 242 Å². The number of nitro groups is 1. The molecule has 2 aromatic heterocycles. The van der Waals surface area contributed by atoms with Crippen LogP contribution in [0.2, 0.25) is 0 Å². The first-order chi connectivity index (χ1) is 20.3. The van der Waals surface area contributed by atoms with Crippen LogP contribution in [0.4, 0.5) is 11.5 Å². The third-order valence-electron chi connectivity index (χ3n) is 7.56. The van der Waals surface area contributed by atoms with Crippen LogP contribution < -0.4 is 15.2 Å². The summed E-state index contributed by atoms with van der Waals surface area (Å²) >= 11 is 0. The Morgan fingerprint density at radius 3 is 2.52 bits per heavy atom. The highest BCUT2D eigenvalue weighted by Gasteiger charge is 2.33. The van der Waals surface area contributed by atoms with Crippen LogP contribution in [-0.2, 0) is 16.6 Å². The highest BCUT2D eigenvalue weighted by molar-refractivity contribution is 7.89. The van der Waals surface area contributed by atoms with Gasteiger partial charge in [-0.05, 0) is 54.2 Å². The average Bonchev–Trinajstić information content (AvgIpc) is 3.36. The molecule has 5 aromatic rings. The topological polar surface area (TPSA) is 155 Å². The van der Waals surface area contributed by atoms with E-state index >= 15 is 0 Å². The number of nitro benzene ring substituents is 1. The Morgan fingerprint density at radius 2 is 1.79 bits per heavy atom. The van der Waals surface area contributed by atoms with E-state index in [-0.39, 0.29) is 29.1 Å². The Morgan fingerprint density at radius 1 is 1.02 bits per heavy atom. The number of nitrogens with zero attached hydrogens (tertiary/aromatic N) is 4. The number of sulfonamides is 1. The summed E-state index contributed by atoms with van der Waals surface area (Å²) in [6.45, 7) is 0.717. The van der Waals surface area contributed by atoms with Gasteiger partial charge in [0.15, 0.2) is 0 Å². The molecule has 0 aliphatic heterocycles. The van der Waals surface area contributed by atoms with Gasteiger partial charge in [-0.25, -0.2) is 23.1 Å². The van der Waals surface area contributed by atoms with Crippen molar-refractivity contribution in [1.29, 1.82) is 0 Å². The van der Waals surface area contributed by atoms with Crippen molar-refractivity contribution in [3.05, 3.63) is 107 Å². The lowest BCUT2D eigenvalue weighted by Gasteiger charge is -2.36. The summed E-state index contributed by atoms with van der Waals surface area (Å²) in [7, 11) is -3.78. The van der Waals surface area contributed by atoms with Crippen LogP contribution >= 0.6 is 0 Å². The standard InChI is InChI=1S/C30H28N6O5S/c31-29-28-27(22-7-4-8-25(15-22)41-18-20-5-2-1-3-6-20)17-35(30(28)33-19-32-29)24-13-21(14-24)16-34-42(39,40)26-11-9-23(10-12-26)36(37)38/h1-12,15,17,19,21,24,34H,13-14,16,18H2,(H2,31,32,33)/t21-,24-. The number of anilines is 1. The van der Waals surface area contributed by atoms with Crippen LogP contribution in [0.1, 0.15) is 24.4 Å². The van der Waals surface area contributed by atoms with Crippen molar-refractivity contribution in [1.82, 2.24) is 19.3 Å². The molecular formula is C30H28N6O5S. The molecule has 1 aliphatic rings. The summed E-state index contributed by atoms with van der Waals surface area (Å²) < 4.78 is 36.2. The molecule has 2 heterocycles.